The summed E-state index contributed by atoms with van der Waals surface area (Å²) in [6.07, 6.45) is 2.07. The van der Waals surface area contributed by atoms with E-state index in [1.807, 2.05) is 30.3 Å². The van der Waals surface area contributed by atoms with E-state index < -0.39 is 16.9 Å². The Hall–Kier alpha value is -1.41. The standard InChI is InChI=1S/C12H9ClO2/c13-10-7-9(11(14)12(10)15)6-8-4-2-1-3-5-8/h1-6,10H,7H2/b9-6-. The lowest BCUT2D eigenvalue weighted by Gasteiger charge is -1.94. The Morgan fingerprint density at radius 3 is 2.40 bits per heavy atom. The van der Waals surface area contributed by atoms with E-state index in [1.54, 1.807) is 6.08 Å². The first-order chi connectivity index (χ1) is 7.18. The lowest BCUT2D eigenvalue weighted by atomic mass is 10.1. The maximum Gasteiger partial charge on any atom is 0.226 e. The van der Waals surface area contributed by atoms with Gasteiger partial charge in [-0.1, -0.05) is 30.3 Å². The molecule has 2 nitrogen and oxygen atoms in total. The summed E-state index contributed by atoms with van der Waals surface area (Å²) in [5.74, 6) is -0.933. The third-order valence-corrected chi connectivity index (χ3v) is 2.69. The third-order valence-electron chi connectivity index (χ3n) is 2.34. The Bertz CT molecular complexity index is 434. The number of carbonyl (C=O) groups excluding carboxylic acids is 2. The van der Waals surface area contributed by atoms with Gasteiger partial charge in [-0.25, -0.2) is 0 Å². The first-order valence-corrected chi connectivity index (χ1v) is 5.10. The quantitative estimate of drug-likeness (QED) is 0.413. The van der Waals surface area contributed by atoms with Gasteiger partial charge in [0.05, 0.1) is 0 Å². The van der Waals surface area contributed by atoms with Crippen LogP contribution in [-0.4, -0.2) is 16.9 Å². The van der Waals surface area contributed by atoms with Crippen LogP contribution in [0.25, 0.3) is 6.08 Å². The van der Waals surface area contributed by atoms with Gasteiger partial charge in [-0.05, 0) is 11.6 Å². The van der Waals surface area contributed by atoms with E-state index in [0.29, 0.717) is 12.0 Å². The lowest BCUT2D eigenvalue weighted by Crippen LogP contribution is -2.12. The molecule has 1 aliphatic rings. The summed E-state index contributed by atoms with van der Waals surface area (Å²) in [5, 5.41) is -0.674. The number of allylic oxidation sites excluding steroid dienone is 1. The highest BCUT2D eigenvalue weighted by Gasteiger charge is 2.35. The van der Waals surface area contributed by atoms with Crippen LogP contribution in [0.1, 0.15) is 12.0 Å². The van der Waals surface area contributed by atoms with Crippen molar-refractivity contribution in [1.29, 1.82) is 0 Å². The molecule has 0 saturated heterocycles. The predicted octanol–water partition coefficient (Wildman–Crippen LogP) is 2.22. The molecule has 1 saturated carbocycles. The Kier molecular flexibility index (Phi) is 2.69. The second-order valence-corrected chi connectivity index (χ2v) is 3.97. The van der Waals surface area contributed by atoms with Crippen molar-refractivity contribution in [2.75, 3.05) is 0 Å². The van der Waals surface area contributed by atoms with E-state index in [4.69, 9.17) is 11.6 Å². The molecule has 76 valence electrons. The molecule has 0 N–H and O–H groups in total. The summed E-state index contributed by atoms with van der Waals surface area (Å²) < 4.78 is 0. The number of ketones is 2. The number of alkyl halides is 1. The average molecular weight is 221 g/mol. The van der Waals surface area contributed by atoms with Crippen LogP contribution in [0.4, 0.5) is 0 Å². The van der Waals surface area contributed by atoms with Crippen molar-refractivity contribution in [1.82, 2.24) is 0 Å². The molecule has 1 atom stereocenters. The van der Waals surface area contributed by atoms with Crippen LogP contribution in [0.3, 0.4) is 0 Å². The molecule has 0 spiro atoms. The van der Waals surface area contributed by atoms with Gasteiger partial charge in [0.1, 0.15) is 5.38 Å². The highest BCUT2D eigenvalue weighted by Crippen LogP contribution is 2.24. The normalized spacial score (nSPS) is 23.8. The first kappa shape index (κ1) is 10.1. The maximum absolute atomic E-state index is 11.4. The zero-order chi connectivity index (χ0) is 10.8. The van der Waals surface area contributed by atoms with Crippen molar-refractivity contribution in [2.24, 2.45) is 0 Å². The van der Waals surface area contributed by atoms with Crippen LogP contribution in [0.15, 0.2) is 35.9 Å². The second-order valence-electron chi connectivity index (χ2n) is 3.45. The minimum absolute atomic E-state index is 0.341. The van der Waals surface area contributed by atoms with Gasteiger partial charge in [0.25, 0.3) is 0 Å². The van der Waals surface area contributed by atoms with E-state index in [1.165, 1.54) is 0 Å². The molecule has 15 heavy (non-hydrogen) atoms. The summed E-state index contributed by atoms with van der Waals surface area (Å²) >= 11 is 5.71. The third kappa shape index (κ3) is 2.00. The first-order valence-electron chi connectivity index (χ1n) is 4.66. The van der Waals surface area contributed by atoms with Gasteiger partial charge >= 0.3 is 0 Å². The average Bonchev–Trinajstić information content (AvgIpc) is 2.48. The van der Waals surface area contributed by atoms with Crippen molar-refractivity contribution < 1.29 is 9.59 Å². The second kappa shape index (κ2) is 3.99. The van der Waals surface area contributed by atoms with Gasteiger partial charge in [-0.3, -0.25) is 9.59 Å². The fourth-order valence-electron chi connectivity index (χ4n) is 1.55. The Morgan fingerprint density at radius 1 is 1.20 bits per heavy atom. The molecule has 0 amide bonds. The number of hydrogen-bond acceptors (Lipinski definition) is 2. The maximum atomic E-state index is 11.4. The van der Waals surface area contributed by atoms with Crippen LogP contribution in [0, 0.1) is 0 Å². The molecule has 2 rings (SSSR count). The SMILES string of the molecule is O=C1C(=O)C(Cl)C/C1=C/c1ccccc1. The van der Waals surface area contributed by atoms with Gasteiger partial charge in [-0.2, -0.15) is 0 Å². The molecular weight excluding hydrogens is 212 g/mol. The number of benzene rings is 1. The molecule has 3 heteroatoms. The minimum Gasteiger partial charge on any atom is -0.289 e. The monoisotopic (exact) mass is 220 g/mol. The lowest BCUT2D eigenvalue weighted by molar-refractivity contribution is -0.132. The van der Waals surface area contributed by atoms with Crippen LogP contribution in [-0.2, 0) is 9.59 Å². The number of carbonyl (C=O) groups is 2. The Labute approximate surface area is 92.6 Å². The zero-order valence-corrected chi connectivity index (χ0v) is 8.70. The zero-order valence-electron chi connectivity index (χ0n) is 7.94. The molecule has 1 aromatic rings. The fraction of sp³-hybridized carbons (Fsp3) is 0.167. The summed E-state index contributed by atoms with van der Waals surface area (Å²) in [6.45, 7) is 0. The molecule has 1 fully saturated rings. The smallest absolute Gasteiger partial charge is 0.226 e. The van der Waals surface area contributed by atoms with E-state index in [2.05, 4.69) is 0 Å². The number of halogens is 1. The van der Waals surface area contributed by atoms with Crippen molar-refractivity contribution in [2.45, 2.75) is 11.8 Å². The Balaban J connectivity index is 2.30. The van der Waals surface area contributed by atoms with E-state index in [9.17, 15) is 9.59 Å². The van der Waals surface area contributed by atoms with Crippen molar-refractivity contribution in [3.05, 3.63) is 41.5 Å². The molecule has 0 heterocycles. The summed E-state index contributed by atoms with van der Waals surface area (Å²) in [5.41, 5.74) is 1.42. The van der Waals surface area contributed by atoms with Crippen LogP contribution < -0.4 is 0 Å². The Morgan fingerprint density at radius 2 is 1.87 bits per heavy atom. The topological polar surface area (TPSA) is 34.1 Å². The van der Waals surface area contributed by atoms with E-state index >= 15 is 0 Å². The van der Waals surface area contributed by atoms with Crippen molar-refractivity contribution in [3.8, 4) is 0 Å². The highest BCUT2D eigenvalue weighted by molar-refractivity contribution is 6.56. The van der Waals surface area contributed by atoms with Crippen LogP contribution >= 0.6 is 11.6 Å². The van der Waals surface area contributed by atoms with Gasteiger partial charge in [0.15, 0.2) is 0 Å². The summed E-state index contributed by atoms with van der Waals surface area (Å²) in [7, 11) is 0. The molecule has 0 bridgehead atoms. The number of rotatable bonds is 1. The van der Waals surface area contributed by atoms with E-state index in [0.717, 1.165) is 5.56 Å². The fourth-order valence-corrected chi connectivity index (χ4v) is 1.82. The summed E-state index contributed by atoms with van der Waals surface area (Å²) in [4.78, 5) is 22.6. The van der Waals surface area contributed by atoms with Gasteiger partial charge < -0.3 is 0 Å². The van der Waals surface area contributed by atoms with Gasteiger partial charge in [0, 0.05) is 12.0 Å². The minimum atomic E-state index is -0.674. The molecular formula is C12H9ClO2. The number of hydrogen-bond donors (Lipinski definition) is 0. The van der Waals surface area contributed by atoms with Gasteiger partial charge in [0.2, 0.25) is 11.6 Å². The largest absolute Gasteiger partial charge is 0.289 e. The van der Waals surface area contributed by atoms with Crippen LogP contribution in [0.5, 0.6) is 0 Å². The van der Waals surface area contributed by atoms with Crippen LogP contribution in [0.2, 0.25) is 0 Å². The van der Waals surface area contributed by atoms with Crippen molar-refractivity contribution >= 4 is 29.2 Å². The molecule has 0 aromatic heterocycles. The molecule has 1 unspecified atom stereocenters. The molecule has 1 aliphatic carbocycles. The number of Topliss-reactive ketones (excluding diaryl/α,β-unsaturated/α-hetero) is 2. The van der Waals surface area contributed by atoms with Crippen molar-refractivity contribution in [3.63, 3.8) is 0 Å². The van der Waals surface area contributed by atoms with Gasteiger partial charge in [-0.15, -0.1) is 11.6 Å². The molecule has 0 radical (unpaired) electrons. The highest BCUT2D eigenvalue weighted by atomic mass is 35.5. The predicted molar refractivity (Wildman–Crippen MR) is 58.7 cm³/mol. The summed E-state index contributed by atoms with van der Waals surface area (Å²) in [6, 6.07) is 9.42. The molecule has 0 aliphatic heterocycles. The van der Waals surface area contributed by atoms with E-state index in [-0.39, 0.29) is 0 Å². The molecule has 1 aromatic carbocycles.